The van der Waals surface area contributed by atoms with Crippen LogP contribution in [0.5, 0.6) is 0 Å². The summed E-state index contributed by atoms with van der Waals surface area (Å²) in [6.45, 7) is 0.317. The van der Waals surface area contributed by atoms with Gasteiger partial charge in [-0.25, -0.2) is 4.98 Å². The number of anilines is 1. The second-order valence-corrected chi connectivity index (χ2v) is 4.21. The smallest absolute Gasteiger partial charge is 0.311 e. The van der Waals surface area contributed by atoms with E-state index in [1.807, 2.05) is 0 Å². The highest BCUT2D eigenvalue weighted by molar-refractivity contribution is 5.91. The molecule has 1 aliphatic rings. The summed E-state index contributed by atoms with van der Waals surface area (Å²) in [4.78, 5) is 25.8. The average molecular weight is 235 g/mol. The highest BCUT2D eigenvalue weighted by Gasteiger charge is 2.50. The Balaban J connectivity index is 2.02. The molecule has 0 spiro atoms. The van der Waals surface area contributed by atoms with Crippen molar-refractivity contribution in [3.05, 3.63) is 23.9 Å². The van der Waals surface area contributed by atoms with Gasteiger partial charge in [0.25, 0.3) is 5.91 Å². The molecule has 1 fully saturated rings. The van der Waals surface area contributed by atoms with Crippen LogP contribution in [0.1, 0.15) is 23.3 Å². The quantitative estimate of drug-likeness (QED) is 0.687. The van der Waals surface area contributed by atoms with E-state index in [2.05, 4.69) is 10.3 Å². The van der Waals surface area contributed by atoms with Gasteiger partial charge in [0, 0.05) is 6.54 Å². The van der Waals surface area contributed by atoms with Crippen molar-refractivity contribution < 1.29 is 14.7 Å². The molecule has 2 rings (SSSR count). The maximum atomic E-state index is 10.9. The van der Waals surface area contributed by atoms with Crippen LogP contribution in [0.2, 0.25) is 0 Å². The number of nitrogens with zero attached hydrogens (tertiary/aromatic N) is 1. The van der Waals surface area contributed by atoms with Gasteiger partial charge < -0.3 is 16.2 Å². The van der Waals surface area contributed by atoms with Gasteiger partial charge in [-0.1, -0.05) is 6.07 Å². The summed E-state index contributed by atoms with van der Waals surface area (Å²) in [5.41, 5.74) is 4.60. The maximum Gasteiger partial charge on any atom is 0.311 e. The van der Waals surface area contributed by atoms with Crippen LogP contribution >= 0.6 is 0 Å². The number of carbonyl (C=O) groups excluding carboxylic acids is 1. The molecular weight excluding hydrogens is 222 g/mol. The number of pyridine rings is 1. The van der Waals surface area contributed by atoms with E-state index in [0.29, 0.717) is 25.2 Å². The lowest BCUT2D eigenvalue weighted by Gasteiger charge is -2.11. The number of hydrogen-bond acceptors (Lipinski definition) is 4. The number of carboxylic acid groups (broad SMARTS) is 1. The summed E-state index contributed by atoms with van der Waals surface area (Å²) in [6, 6.07) is 4.83. The molecule has 0 radical (unpaired) electrons. The first-order valence-corrected chi connectivity index (χ1v) is 5.28. The highest BCUT2D eigenvalue weighted by Crippen LogP contribution is 2.45. The lowest BCUT2D eigenvalue weighted by molar-refractivity contribution is -0.142. The molecule has 4 N–H and O–H groups in total. The summed E-state index contributed by atoms with van der Waals surface area (Å²) in [5.74, 6) is -0.932. The normalized spacial score (nSPS) is 16.2. The summed E-state index contributed by atoms with van der Waals surface area (Å²) >= 11 is 0. The molecule has 1 aromatic heterocycles. The van der Waals surface area contributed by atoms with E-state index in [1.54, 1.807) is 12.1 Å². The summed E-state index contributed by atoms with van der Waals surface area (Å²) in [7, 11) is 0. The van der Waals surface area contributed by atoms with Gasteiger partial charge in [-0.05, 0) is 25.0 Å². The first-order valence-electron chi connectivity index (χ1n) is 5.28. The van der Waals surface area contributed by atoms with Crippen molar-refractivity contribution in [2.45, 2.75) is 12.8 Å². The molecule has 0 saturated heterocycles. The molecule has 1 aromatic rings. The summed E-state index contributed by atoms with van der Waals surface area (Å²) in [5, 5.41) is 11.9. The van der Waals surface area contributed by atoms with Gasteiger partial charge >= 0.3 is 5.97 Å². The zero-order valence-electron chi connectivity index (χ0n) is 9.14. The number of rotatable bonds is 5. The molecular formula is C11H13N3O3. The zero-order valence-corrected chi connectivity index (χ0v) is 9.14. The third kappa shape index (κ3) is 2.35. The monoisotopic (exact) mass is 235 g/mol. The molecule has 1 amide bonds. The molecule has 0 atom stereocenters. The third-order valence-corrected chi connectivity index (χ3v) is 2.92. The number of nitrogens with two attached hydrogens (primary N) is 1. The van der Waals surface area contributed by atoms with E-state index in [4.69, 9.17) is 10.8 Å². The SMILES string of the molecule is NC(=O)c1cccc(NCC2(C(=O)O)CC2)n1. The van der Waals surface area contributed by atoms with Crippen molar-refractivity contribution in [1.82, 2.24) is 4.98 Å². The van der Waals surface area contributed by atoms with Gasteiger partial charge in [-0.15, -0.1) is 0 Å². The molecule has 1 heterocycles. The zero-order chi connectivity index (χ0) is 12.5. The van der Waals surface area contributed by atoms with Crippen molar-refractivity contribution in [3.63, 3.8) is 0 Å². The first-order chi connectivity index (χ1) is 8.03. The van der Waals surface area contributed by atoms with Crippen LogP contribution in [0.3, 0.4) is 0 Å². The number of aromatic nitrogens is 1. The van der Waals surface area contributed by atoms with Crippen LogP contribution < -0.4 is 11.1 Å². The Morgan fingerprint density at radius 3 is 2.71 bits per heavy atom. The predicted molar refractivity (Wildman–Crippen MR) is 60.5 cm³/mol. The van der Waals surface area contributed by atoms with Gasteiger partial charge in [-0.2, -0.15) is 0 Å². The van der Waals surface area contributed by atoms with Gasteiger partial charge in [0.05, 0.1) is 5.41 Å². The van der Waals surface area contributed by atoms with Crippen molar-refractivity contribution in [2.75, 3.05) is 11.9 Å². The van der Waals surface area contributed by atoms with E-state index >= 15 is 0 Å². The van der Waals surface area contributed by atoms with E-state index < -0.39 is 17.3 Å². The molecule has 90 valence electrons. The van der Waals surface area contributed by atoms with Crippen molar-refractivity contribution in [2.24, 2.45) is 11.1 Å². The number of hydrogen-bond donors (Lipinski definition) is 3. The molecule has 17 heavy (non-hydrogen) atoms. The summed E-state index contributed by atoms with van der Waals surface area (Å²) in [6.07, 6.45) is 1.34. The Morgan fingerprint density at radius 1 is 1.47 bits per heavy atom. The van der Waals surface area contributed by atoms with E-state index in [0.717, 1.165) is 0 Å². The number of aliphatic carboxylic acids is 1. The number of nitrogens with one attached hydrogen (secondary N) is 1. The number of carboxylic acids is 1. The standard InChI is InChI=1S/C11H13N3O3/c12-9(15)7-2-1-3-8(14-7)13-6-11(4-5-11)10(16)17/h1-3H,4-6H2,(H2,12,15)(H,13,14)(H,16,17). The fourth-order valence-electron chi connectivity index (χ4n) is 1.55. The second kappa shape index (κ2) is 4.04. The lowest BCUT2D eigenvalue weighted by atomic mass is 10.1. The second-order valence-electron chi connectivity index (χ2n) is 4.21. The van der Waals surface area contributed by atoms with Crippen LogP contribution in [0.15, 0.2) is 18.2 Å². The van der Waals surface area contributed by atoms with Crippen molar-refractivity contribution in [1.29, 1.82) is 0 Å². The minimum Gasteiger partial charge on any atom is -0.481 e. The predicted octanol–water partition coefficient (Wildman–Crippen LogP) is 0.457. The summed E-state index contributed by atoms with van der Waals surface area (Å²) < 4.78 is 0. The fraction of sp³-hybridized carbons (Fsp3) is 0.364. The molecule has 0 unspecified atom stereocenters. The minimum absolute atomic E-state index is 0.162. The molecule has 6 heteroatoms. The Labute approximate surface area is 97.8 Å². The van der Waals surface area contributed by atoms with Crippen LogP contribution in [-0.2, 0) is 4.79 Å². The third-order valence-electron chi connectivity index (χ3n) is 2.92. The Kier molecular flexibility index (Phi) is 2.71. The van der Waals surface area contributed by atoms with Gasteiger partial charge in [0.15, 0.2) is 0 Å². The van der Waals surface area contributed by atoms with Crippen LogP contribution in [0, 0.1) is 5.41 Å². The maximum absolute atomic E-state index is 10.9. The largest absolute Gasteiger partial charge is 0.481 e. The minimum atomic E-state index is -0.795. The van der Waals surface area contributed by atoms with E-state index in [9.17, 15) is 9.59 Å². The van der Waals surface area contributed by atoms with Crippen LogP contribution in [0.4, 0.5) is 5.82 Å². The van der Waals surface area contributed by atoms with Gasteiger partial charge in [-0.3, -0.25) is 9.59 Å². The number of carbonyl (C=O) groups is 2. The Morgan fingerprint density at radius 2 is 2.18 bits per heavy atom. The molecule has 0 aliphatic heterocycles. The Hall–Kier alpha value is -2.11. The van der Waals surface area contributed by atoms with Gasteiger partial charge in [0.1, 0.15) is 11.5 Å². The average Bonchev–Trinajstić information content (AvgIpc) is 3.08. The molecule has 6 nitrogen and oxygen atoms in total. The number of primary amides is 1. The van der Waals surface area contributed by atoms with Crippen LogP contribution in [-0.4, -0.2) is 28.5 Å². The molecule has 1 aliphatic carbocycles. The van der Waals surface area contributed by atoms with Gasteiger partial charge in [0.2, 0.25) is 0 Å². The highest BCUT2D eigenvalue weighted by atomic mass is 16.4. The first kappa shape index (κ1) is 11.4. The molecule has 0 bridgehead atoms. The van der Waals surface area contributed by atoms with Crippen LogP contribution in [0.25, 0.3) is 0 Å². The lowest BCUT2D eigenvalue weighted by Crippen LogP contribution is -2.25. The van der Waals surface area contributed by atoms with Crippen molar-refractivity contribution >= 4 is 17.7 Å². The fourth-order valence-corrected chi connectivity index (χ4v) is 1.55. The van der Waals surface area contributed by atoms with Crippen molar-refractivity contribution in [3.8, 4) is 0 Å². The van der Waals surface area contributed by atoms with E-state index in [1.165, 1.54) is 6.07 Å². The number of amides is 1. The molecule has 1 saturated carbocycles. The topological polar surface area (TPSA) is 105 Å². The van der Waals surface area contributed by atoms with E-state index in [-0.39, 0.29) is 5.69 Å². The molecule has 0 aromatic carbocycles. The Bertz CT molecular complexity index is 469.